The number of nitrogens with zero attached hydrogens (tertiary/aromatic N) is 1. The number of benzene rings is 2. The monoisotopic (exact) mass is 380 g/mol. The highest BCUT2D eigenvalue weighted by Crippen LogP contribution is 2.25. The predicted molar refractivity (Wildman–Crippen MR) is 101 cm³/mol. The van der Waals surface area contributed by atoms with E-state index in [4.69, 9.17) is 4.74 Å². The van der Waals surface area contributed by atoms with Crippen LogP contribution in [-0.4, -0.2) is 43.8 Å². The van der Waals surface area contributed by atoms with Crippen LogP contribution < -0.4 is 10.1 Å². The lowest BCUT2D eigenvalue weighted by Crippen LogP contribution is -2.15. The number of hydrogen-bond donors (Lipinski definition) is 1. The summed E-state index contributed by atoms with van der Waals surface area (Å²) in [7, 11) is 4.03. The summed E-state index contributed by atoms with van der Waals surface area (Å²) in [5.41, 5.74) is 1.05. The smallest absolute Gasteiger partial charge is 0.288 e. The SMILES string of the molecule is CN(C)CCCOc1ccc(NC(=O)c2ccc(SC(F)F)cc2)cc1. The fraction of sp³-hybridized carbons (Fsp3) is 0.316. The van der Waals surface area contributed by atoms with Crippen molar-refractivity contribution in [3.8, 4) is 5.75 Å². The van der Waals surface area contributed by atoms with Gasteiger partial charge < -0.3 is 15.0 Å². The van der Waals surface area contributed by atoms with Gasteiger partial charge in [0, 0.05) is 22.7 Å². The van der Waals surface area contributed by atoms with Crippen LogP contribution in [0.15, 0.2) is 53.4 Å². The summed E-state index contributed by atoms with van der Waals surface area (Å²) in [4.78, 5) is 14.7. The Morgan fingerprint density at radius 3 is 2.35 bits per heavy atom. The van der Waals surface area contributed by atoms with Crippen LogP contribution in [0.25, 0.3) is 0 Å². The second-order valence-electron chi connectivity index (χ2n) is 5.89. The molecular formula is C19H22F2N2O2S. The normalized spacial score (nSPS) is 11.0. The molecule has 0 saturated heterocycles. The maximum Gasteiger partial charge on any atom is 0.288 e. The van der Waals surface area contributed by atoms with Crippen LogP contribution in [0.5, 0.6) is 5.75 Å². The van der Waals surface area contributed by atoms with Gasteiger partial charge in [-0.3, -0.25) is 4.79 Å². The third-order valence-electron chi connectivity index (χ3n) is 3.47. The molecule has 1 amide bonds. The Morgan fingerprint density at radius 1 is 1.12 bits per heavy atom. The highest BCUT2D eigenvalue weighted by atomic mass is 32.2. The molecule has 0 aromatic heterocycles. The van der Waals surface area contributed by atoms with E-state index in [0.29, 0.717) is 34.5 Å². The lowest BCUT2D eigenvalue weighted by atomic mass is 10.2. The van der Waals surface area contributed by atoms with Crippen LogP contribution in [0.1, 0.15) is 16.8 Å². The summed E-state index contributed by atoms with van der Waals surface area (Å²) in [5, 5.41) is 2.77. The van der Waals surface area contributed by atoms with Crippen molar-refractivity contribution in [3.05, 3.63) is 54.1 Å². The number of carbonyl (C=O) groups excluding carboxylic acids is 1. The molecule has 0 unspecified atom stereocenters. The summed E-state index contributed by atoms with van der Waals surface area (Å²) >= 11 is 0.452. The molecule has 0 bridgehead atoms. The lowest BCUT2D eigenvalue weighted by Gasteiger charge is -2.11. The van der Waals surface area contributed by atoms with Gasteiger partial charge in [-0.05, 0) is 69.0 Å². The number of anilines is 1. The number of carbonyl (C=O) groups is 1. The first-order valence-electron chi connectivity index (χ1n) is 8.18. The molecule has 0 aliphatic heterocycles. The van der Waals surface area contributed by atoms with E-state index in [0.717, 1.165) is 18.7 Å². The van der Waals surface area contributed by atoms with Gasteiger partial charge in [-0.25, -0.2) is 0 Å². The molecule has 140 valence electrons. The molecule has 0 heterocycles. The molecule has 0 atom stereocenters. The lowest BCUT2D eigenvalue weighted by molar-refractivity contribution is 0.102. The molecule has 4 nitrogen and oxygen atoms in total. The molecule has 0 aliphatic rings. The molecule has 7 heteroatoms. The number of halogens is 2. The van der Waals surface area contributed by atoms with Crippen LogP contribution in [-0.2, 0) is 0 Å². The third kappa shape index (κ3) is 7.01. The van der Waals surface area contributed by atoms with Gasteiger partial charge in [0.15, 0.2) is 0 Å². The van der Waals surface area contributed by atoms with E-state index in [1.54, 1.807) is 24.3 Å². The predicted octanol–water partition coefficient (Wildman–Crippen LogP) is 4.58. The first kappa shape index (κ1) is 20.2. The zero-order valence-electron chi connectivity index (χ0n) is 14.7. The van der Waals surface area contributed by atoms with Gasteiger partial charge in [0.25, 0.3) is 11.7 Å². The molecule has 2 aromatic carbocycles. The Morgan fingerprint density at radius 2 is 1.77 bits per heavy atom. The van der Waals surface area contributed by atoms with Gasteiger partial charge >= 0.3 is 0 Å². The summed E-state index contributed by atoms with van der Waals surface area (Å²) in [6, 6.07) is 13.2. The first-order valence-corrected chi connectivity index (χ1v) is 9.06. The molecule has 0 aliphatic carbocycles. The number of amides is 1. The minimum atomic E-state index is -2.47. The standard InChI is InChI=1S/C19H22F2N2O2S/c1-23(2)12-3-13-25-16-8-6-15(7-9-16)22-18(24)14-4-10-17(11-5-14)26-19(20)21/h4-11,19H,3,12-13H2,1-2H3,(H,22,24). The summed E-state index contributed by atoms with van der Waals surface area (Å²) in [6.07, 6.45) is 0.936. The van der Waals surface area contributed by atoms with Gasteiger partial charge in [-0.1, -0.05) is 11.8 Å². The highest BCUT2D eigenvalue weighted by Gasteiger charge is 2.09. The quantitative estimate of drug-likeness (QED) is 0.511. The summed E-state index contributed by atoms with van der Waals surface area (Å²) in [5.74, 6) is -2.02. The Kier molecular flexibility index (Phi) is 7.87. The van der Waals surface area contributed by atoms with Crippen molar-refractivity contribution in [1.82, 2.24) is 4.90 Å². The minimum absolute atomic E-state index is 0.293. The molecule has 1 N–H and O–H groups in total. The van der Waals surface area contributed by atoms with Crippen LogP contribution in [0.3, 0.4) is 0 Å². The third-order valence-corrected chi connectivity index (χ3v) is 4.19. The number of ether oxygens (including phenoxy) is 1. The van der Waals surface area contributed by atoms with Crippen molar-refractivity contribution in [2.24, 2.45) is 0 Å². The Hall–Kier alpha value is -2.12. The molecular weight excluding hydrogens is 358 g/mol. The largest absolute Gasteiger partial charge is 0.494 e. The van der Waals surface area contributed by atoms with Crippen LogP contribution in [0, 0.1) is 0 Å². The van der Waals surface area contributed by atoms with Gasteiger partial charge in [-0.15, -0.1) is 0 Å². The topological polar surface area (TPSA) is 41.6 Å². The Bertz CT molecular complexity index is 692. The Balaban J connectivity index is 1.85. The highest BCUT2D eigenvalue weighted by molar-refractivity contribution is 7.99. The van der Waals surface area contributed by atoms with E-state index < -0.39 is 5.76 Å². The van der Waals surface area contributed by atoms with E-state index >= 15 is 0 Å². The first-order chi connectivity index (χ1) is 12.4. The number of rotatable bonds is 9. The van der Waals surface area contributed by atoms with Gasteiger partial charge in [0.2, 0.25) is 0 Å². The second kappa shape index (κ2) is 10.1. The number of alkyl halides is 2. The minimum Gasteiger partial charge on any atom is -0.494 e. The van der Waals surface area contributed by atoms with Crippen LogP contribution in [0.4, 0.5) is 14.5 Å². The van der Waals surface area contributed by atoms with E-state index in [1.165, 1.54) is 24.3 Å². The molecule has 2 rings (SSSR count). The average molecular weight is 380 g/mol. The molecule has 0 saturated carbocycles. The zero-order chi connectivity index (χ0) is 18.9. The van der Waals surface area contributed by atoms with Crippen molar-refractivity contribution < 1.29 is 18.3 Å². The van der Waals surface area contributed by atoms with Crippen LogP contribution >= 0.6 is 11.8 Å². The van der Waals surface area contributed by atoms with E-state index in [-0.39, 0.29) is 5.91 Å². The van der Waals surface area contributed by atoms with Crippen molar-refractivity contribution in [2.45, 2.75) is 17.1 Å². The van der Waals surface area contributed by atoms with Crippen molar-refractivity contribution in [3.63, 3.8) is 0 Å². The van der Waals surface area contributed by atoms with E-state index in [2.05, 4.69) is 10.2 Å². The number of thioether (sulfide) groups is 1. The summed E-state index contributed by atoms with van der Waals surface area (Å²) in [6.45, 7) is 1.59. The van der Waals surface area contributed by atoms with Gasteiger partial charge in [-0.2, -0.15) is 8.78 Å². The van der Waals surface area contributed by atoms with E-state index in [1.807, 2.05) is 14.1 Å². The zero-order valence-corrected chi connectivity index (χ0v) is 15.6. The average Bonchev–Trinajstić information content (AvgIpc) is 2.60. The van der Waals surface area contributed by atoms with E-state index in [9.17, 15) is 13.6 Å². The van der Waals surface area contributed by atoms with Gasteiger partial charge in [0.05, 0.1) is 6.61 Å². The van der Waals surface area contributed by atoms with Crippen molar-refractivity contribution in [2.75, 3.05) is 32.6 Å². The number of hydrogen-bond acceptors (Lipinski definition) is 4. The molecule has 0 radical (unpaired) electrons. The molecule has 0 spiro atoms. The molecule has 2 aromatic rings. The summed E-state index contributed by atoms with van der Waals surface area (Å²) < 4.78 is 30.3. The fourth-order valence-electron chi connectivity index (χ4n) is 2.20. The maximum atomic E-state index is 12.3. The van der Waals surface area contributed by atoms with Crippen LogP contribution in [0.2, 0.25) is 0 Å². The van der Waals surface area contributed by atoms with Crippen molar-refractivity contribution in [1.29, 1.82) is 0 Å². The van der Waals surface area contributed by atoms with Gasteiger partial charge in [0.1, 0.15) is 5.75 Å². The maximum absolute atomic E-state index is 12.3. The number of nitrogens with one attached hydrogen (secondary N) is 1. The second-order valence-corrected chi connectivity index (χ2v) is 6.95. The molecule has 0 fully saturated rings. The van der Waals surface area contributed by atoms with Crippen molar-refractivity contribution >= 4 is 23.4 Å². The molecule has 26 heavy (non-hydrogen) atoms. The fourth-order valence-corrected chi connectivity index (χ4v) is 2.70. The Labute approximate surface area is 156 Å².